The highest BCUT2D eigenvalue weighted by atomic mass is 35.5. The second-order valence-corrected chi connectivity index (χ2v) is 7.91. The van der Waals surface area contributed by atoms with Crippen LogP contribution in [0.2, 0.25) is 5.02 Å². The van der Waals surface area contributed by atoms with Gasteiger partial charge in [0.05, 0.1) is 5.02 Å². The van der Waals surface area contributed by atoms with Crippen molar-refractivity contribution in [2.24, 2.45) is 11.7 Å². The third kappa shape index (κ3) is 6.08. The Balaban J connectivity index is 2.03. The van der Waals surface area contributed by atoms with Crippen LogP contribution in [0.25, 0.3) is 0 Å². The standard InChI is InChI=1S/C19H29ClN2O3/c1-19(2,3)25-18(23)22-10-5-6-14(13-22)12-15-7-4-8-16(20)17(15)24-11-9-21/h4,7-8,14H,5-6,9-13,21H2,1-3H3/t14-/m1/s1. The molecular weight excluding hydrogens is 340 g/mol. The molecule has 0 radical (unpaired) electrons. The molecule has 1 aliphatic heterocycles. The van der Waals surface area contributed by atoms with Gasteiger partial charge in [0.1, 0.15) is 18.0 Å². The van der Waals surface area contributed by atoms with Crippen LogP contribution in [0.4, 0.5) is 4.79 Å². The topological polar surface area (TPSA) is 64.8 Å². The van der Waals surface area contributed by atoms with E-state index in [1.165, 1.54) is 0 Å². The predicted molar refractivity (Wildman–Crippen MR) is 100 cm³/mol. The number of halogens is 1. The Bertz CT molecular complexity index is 587. The number of carbonyl (C=O) groups is 1. The van der Waals surface area contributed by atoms with Gasteiger partial charge in [-0.3, -0.25) is 0 Å². The van der Waals surface area contributed by atoms with Gasteiger partial charge in [0.15, 0.2) is 0 Å². The highest BCUT2D eigenvalue weighted by molar-refractivity contribution is 6.32. The second-order valence-electron chi connectivity index (χ2n) is 7.50. The highest BCUT2D eigenvalue weighted by Crippen LogP contribution is 2.32. The van der Waals surface area contributed by atoms with E-state index in [1.54, 1.807) is 0 Å². The first-order valence-corrected chi connectivity index (χ1v) is 9.26. The lowest BCUT2D eigenvalue weighted by molar-refractivity contribution is 0.0166. The van der Waals surface area contributed by atoms with Crippen LogP contribution < -0.4 is 10.5 Å². The molecule has 0 spiro atoms. The van der Waals surface area contributed by atoms with Crippen LogP contribution in [-0.2, 0) is 11.2 Å². The number of hydrogen-bond donors (Lipinski definition) is 1. The SMILES string of the molecule is CC(C)(C)OC(=O)N1CCC[C@H](Cc2cccc(Cl)c2OCCN)C1. The van der Waals surface area contributed by atoms with Crippen LogP contribution in [0.5, 0.6) is 5.75 Å². The summed E-state index contributed by atoms with van der Waals surface area (Å²) in [4.78, 5) is 14.1. The van der Waals surface area contributed by atoms with Crippen molar-refractivity contribution in [2.75, 3.05) is 26.2 Å². The average Bonchev–Trinajstić information content (AvgIpc) is 2.53. The minimum Gasteiger partial charge on any atom is -0.490 e. The molecule has 0 unspecified atom stereocenters. The summed E-state index contributed by atoms with van der Waals surface area (Å²) in [5, 5.41) is 0.603. The third-order valence-electron chi connectivity index (χ3n) is 4.09. The van der Waals surface area contributed by atoms with Gasteiger partial charge in [0, 0.05) is 19.6 Å². The van der Waals surface area contributed by atoms with Crippen LogP contribution in [0.3, 0.4) is 0 Å². The van der Waals surface area contributed by atoms with Crippen molar-refractivity contribution >= 4 is 17.7 Å². The number of para-hydroxylation sites is 1. The molecular formula is C19H29ClN2O3. The Morgan fingerprint density at radius 2 is 2.16 bits per heavy atom. The lowest BCUT2D eigenvalue weighted by atomic mass is 9.91. The van der Waals surface area contributed by atoms with Gasteiger partial charge in [-0.05, 0) is 57.6 Å². The number of nitrogens with zero attached hydrogens (tertiary/aromatic N) is 1. The van der Waals surface area contributed by atoms with Crippen LogP contribution in [0.1, 0.15) is 39.2 Å². The molecule has 1 fully saturated rings. The lowest BCUT2D eigenvalue weighted by Crippen LogP contribution is -2.43. The van der Waals surface area contributed by atoms with Crippen LogP contribution in [0, 0.1) is 5.92 Å². The molecule has 1 heterocycles. The Labute approximate surface area is 155 Å². The fourth-order valence-electron chi connectivity index (χ4n) is 3.07. The fraction of sp³-hybridized carbons (Fsp3) is 0.632. The first-order valence-electron chi connectivity index (χ1n) is 8.88. The number of piperidine rings is 1. The monoisotopic (exact) mass is 368 g/mol. The van der Waals surface area contributed by atoms with E-state index in [1.807, 2.05) is 43.9 Å². The number of likely N-dealkylation sites (tertiary alicyclic amines) is 1. The molecule has 1 saturated heterocycles. The number of ether oxygens (including phenoxy) is 2. The predicted octanol–water partition coefficient (Wildman–Crippen LogP) is 3.87. The van der Waals surface area contributed by atoms with Crippen molar-refractivity contribution in [3.63, 3.8) is 0 Å². The summed E-state index contributed by atoms with van der Waals surface area (Å²) < 4.78 is 11.2. The molecule has 140 valence electrons. The number of carbonyl (C=O) groups excluding carboxylic acids is 1. The summed E-state index contributed by atoms with van der Waals surface area (Å²) in [6.07, 6.45) is 2.63. The van der Waals surface area contributed by atoms with Crippen molar-refractivity contribution in [1.82, 2.24) is 4.90 Å². The molecule has 1 atom stereocenters. The summed E-state index contributed by atoms with van der Waals surface area (Å²) in [5.41, 5.74) is 6.13. The fourth-order valence-corrected chi connectivity index (χ4v) is 3.32. The summed E-state index contributed by atoms with van der Waals surface area (Å²) >= 11 is 6.28. The second kappa shape index (κ2) is 8.77. The molecule has 0 saturated carbocycles. The van der Waals surface area contributed by atoms with Gasteiger partial charge in [0.25, 0.3) is 0 Å². The van der Waals surface area contributed by atoms with Gasteiger partial charge in [-0.2, -0.15) is 0 Å². The van der Waals surface area contributed by atoms with Crippen molar-refractivity contribution in [3.05, 3.63) is 28.8 Å². The third-order valence-corrected chi connectivity index (χ3v) is 4.39. The van der Waals surface area contributed by atoms with Gasteiger partial charge >= 0.3 is 6.09 Å². The maximum atomic E-state index is 12.3. The zero-order chi connectivity index (χ0) is 18.4. The molecule has 0 aromatic heterocycles. The summed E-state index contributed by atoms with van der Waals surface area (Å²) in [6, 6.07) is 5.79. The zero-order valence-electron chi connectivity index (χ0n) is 15.4. The zero-order valence-corrected chi connectivity index (χ0v) is 16.1. The molecule has 1 amide bonds. The minimum atomic E-state index is -0.472. The van der Waals surface area contributed by atoms with E-state index in [0.29, 0.717) is 36.4 Å². The largest absolute Gasteiger partial charge is 0.490 e. The number of rotatable bonds is 5. The average molecular weight is 369 g/mol. The van der Waals surface area contributed by atoms with Gasteiger partial charge in [-0.25, -0.2) is 4.79 Å². The van der Waals surface area contributed by atoms with Gasteiger partial charge < -0.3 is 20.1 Å². The van der Waals surface area contributed by atoms with Crippen LogP contribution in [0.15, 0.2) is 18.2 Å². The molecule has 2 N–H and O–H groups in total. The molecule has 0 aliphatic carbocycles. The molecule has 6 heteroatoms. The van der Waals surface area contributed by atoms with Crippen molar-refractivity contribution < 1.29 is 14.3 Å². The molecule has 1 aliphatic rings. The van der Waals surface area contributed by atoms with Crippen molar-refractivity contribution in [3.8, 4) is 5.75 Å². The minimum absolute atomic E-state index is 0.233. The van der Waals surface area contributed by atoms with E-state index >= 15 is 0 Å². The molecule has 1 aromatic carbocycles. The summed E-state index contributed by atoms with van der Waals surface area (Å²) in [5.74, 6) is 1.07. The van der Waals surface area contributed by atoms with E-state index in [-0.39, 0.29) is 6.09 Å². The number of amides is 1. The normalized spacial score (nSPS) is 18.1. The number of hydrogen-bond acceptors (Lipinski definition) is 4. The molecule has 5 nitrogen and oxygen atoms in total. The van der Waals surface area contributed by atoms with Crippen molar-refractivity contribution in [1.29, 1.82) is 0 Å². The first kappa shape index (κ1) is 19.9. The molecule has 2 rings (SSSR count). The van der Waals surface area contributed by atoms with E-state index < -0.39 is 5.60 Å². The first-order chi connectivity index (χ1) is 11.8. The van der Waals surface area contributed by atoms with E-state index in [2.05, 4.69) is 0 Å². The number of nitrogens with two attached hydrogens (primary N) is 1. The van der Waals surface area contributed by atoms with Gasteiger partial charge in [0.2, 0.25) is 0 Å². The van der Waals surface area contributed by atoms with E-state index in [9.17, 15) is 4.79 Å². The van der Waals surface area contributed by atoms with E-state index in [4.69, 9.17) is 26.8 Å². The Morgan fingerprint density at radius 1 is 1.40 bits per heavy atom. The maximum absolute atomic E-state index is 12.3. The van der Waals surface area contributed by atoms with Gasteiger partial charge in [-0.1, -0.05) is 23.7 Å². The van der Waals surface area contributed by atoms with E-state index in [0.717, 1.165) is 31.4 Å². The Kier molecular flexibility index (Phi) is 6.96. The molecule has 1 aromatic rings. The molecule has 25 heavy (non-hydrogen) atoms. The quantitative estimate of drug-likeness (QED) is 0.856. The van der Waals surface area contributed by atoms with Crippen molar-refractivity contribution in [2.45, 2.75) is 45.6 Å². The summed E-state index contributed by atoms with van der Waals surface area (Å²) in [7, 11) is 0. The Hall–Kier alpha value is -1.46. The van der Waals surface area contributed by atoms with Crippen LogP contribution >= 0.6 is 11.6 Å². The molecule has 0 bridgehead atoms. The number of benzene rings is 1. The Morgan fingerprint density at radius 3 is 2.84 bits per heavy atom. The highest BCUT2D eigenvalue weighted by Gasteiger charge is 2.28. The van der Waals surface area contributed by atoms with Crippen LogP contribution in [-0.4, -0.2) is 42.8 Å². The summed E-state index contributed by atoms with van der Waals surface area (Å²) in [6.45, 7) is 7.99. The lowest BCUT2D eigenvalue weighted by Gasteiger charge is -2.34. The van der Waals surface area contributed by atoms with Gasteiger partial charge in [-0.15, -0.1) is 0 Å². The smallest absolute Gasteiger partial charge is 0.410 e. The maximum Gasteiger partial charge on any atom is 0.410 e.